The minimum Gasteiger partial charge on any atom is -0.478 e. The predicted molar refractivity (Wildman–Crippen MR) is 172 cm³/mol. The molecule has 43 heavy (non-hydrogen) atoms. The normalized spacial score (nSPS) is 14.2. The molecule has 1 heterocycles. The fourth-order valence-corrected chi connectivity index (χ4v) is 6.04. The van der Waals surface area contributed by atoms with Gasteiger partial charge in [0.2, 0.25) is 5.91 Å². The van der Waals surface area contributed by atoms with E-state index in [0.29, 0.717) is 27.8 Å². The van der Waals surface area contributed by atoms with Gasteiger partial charge in [0, 0.05) is 40.3 Å². The van der Waals surface area contributed by atoms with Crippen LogP contribution in [0.3, 0.4) is 0 Å². The summed E-state index contributed by atoms with van der Waals surface area (Å²) in [4.78, 5) is 37.3. The molecule has 1 aromatic heterocycles. The third kappa shape index (κ3) is 6.67. The fraction of sp³-hybridized carbons (Fsp3) is 0.286. The topological polar surface area (TPSA) is 100 Å². The van der Waals surface area contributed by atoms with E-state index in [4.69, 9.17) is 16.7 Å². The number of halogens is 1. The molecule has 7 nitrogen and oxygen atoms in total. The highest BCUT2D eigenvalue weighted by Crippen LogP contribution is 2.44. The zero-order valence-corrected chi connectivity index (χ0v) is 25.4. The molecule has 5 rings (SSSR count). The Hall–Kier alpha value is -4.36. The first-order valence-electron chi connectivity index (χ1n) is 14.6. The Kier molecular flexibility index (Phi) is 8.74. The second-order valence-corrected chi connectivity index (χ2v) is 12.2. The smallest absolute Gasteiger partial charge is 0.328 e. The van der Waals surface area contributed by atoms with Crippen LogP contribution in [0.25, 0.3) is 28.2 Å². The summed E-state index contributed by atoms with van der Waals surface area (Å²) in [5.74, 6) is -1.30. The van der Waals surface area contributed by atoms with Crippen LogP contribution in [0.15, 0.2) is 72.8 Å². The van der Waals surface area contributed by atoms with Crippen LogP contribution in [-0.2, 0) is 16.6 Å². The SMILES string of the molecule is Cn1c(-c2ccc(Cl)cc2)c(C2CCCCC2)c2ccc(C(=O)NC(C)(C)C(=O)Nc3ccc(/C=C/C(=O)O)cc3)cc21. The Morgan fingerprint density at radius 2 is 1.63 bits per heavy atom. The number of nitrogens with zero attached hydrogens (tertiary/aromatic N) is 1. The molecule has 0 unspecified atom stereocenters. The molecular formula is C35H36ClN3O4. The van der Waals surface area contributed by atoms with E-state index in [1.54, 1.807) is 38.1 Å². The number of aromatic nitrogens is 1. The Bertz CT molecular complexity index is 1700. The number of aryl methyl sites for hydroxylation is 1. The minimum atomic E-state index is -1.20. The number of carbonyl (C=O) groups excluding carboxylic acids is 2. The second kappa shape index (κ2) is 12.5. The van der Waals surface area contributed by atoms with Crippen LogP contribution >= 0.6 is 11.6 Å². The average Bonchev–Trinajstić information content (AvgIpc) is 3.28. The molecule has 0 aliphatic heterocycles. The lowest BCUT2D eigenvalue weighted by Crippen LogP contribution is -2.52. The lowest BCUT2D eigenvalue weighted by atomic mass is 9.82. The van der Waals surface area contributed by atoms with Crippen LogP contribution in [-0.4, -0.2) is 33.0 Å². The number of fused-ring (bicyclic) bond motifs is 1. The van der Waals surface area contributed by atoms with Crippen LogP contribution in [0.2, 0.25) is 5.02 Å². The Morgan fingerprint density at radius 1 is 0.953 bits per heavy atom. The van der Waals surface area contributed by atoms with Gasteiger partial charge in [-0.3, -0.25) is 9.59 Å². The van der Waals surface area contributed by atoms with Crippen molar-refractivity contribution in [2.45, 2.75) is 57.4 Å². The first kappa shape index (κ1) is 30.1. The summed E-state index contributed by atoms with van der Waals surface area (Å²) in [6, 6.07) is 20.5. The molecule has 0 saturated heterocycles. The van der Waals surface area contributed by atoms with Gasteiger partial charge in [-0.2, -0.15) is 0 Å². The zero-order valence-electron chi connectivity index (χ0n) is 24.6. The van der Waals surface area contributed by atoms with Gasteiger partial charge in [-0.1, -0.05) is 61.2 Å². The van der Waals surface area contributed by atoms with Crippen molar-refractivity contribution in [3.63, 3.8) is 0 Å². The predicted octanol–water partition coefficient (Wildman–Crippen LogP) is 7.79. The molecule has 222 valence electrons. The van der Waals surface area contributed by atoms with E-state index < -0.39 is 11.5 Å². The van der Waals surface area contributed by atoms with E-state index in [2.05, 4.69) is 27.3 Å². The summed E-state index contributed by atoms with van der Waals surface area (Å²) in [7, 11) is 2.04. The summed E-state index contributed by atoms with van der Waals surface area (Å²) >= 11 is 6.21. The van der Waals surface area contributed by atoms with E-state index in [-0.39, 0.29) is 11.8 Å². The maximum atomic E-state index is 13.5. The first-order valence-corrected chi connectivity index (χ1v) is 14.9. The number of benzene rings is 3. The highest BCUT2D eigenvalue weighted by Gasteiger charge is 2.31. The van der Waals surface area contributed by atoms with Gasteiger partial charge in [-0.25, -0.2) is 4.79 Å². The average molecular weight is 598 g/mol. The molecular weight excluding hydrogens is 562 g/mol. The van der Waals surface area contributed by atoms with Crippen molar-refractivity contribution in [3.05, 3.63) is 94.5 Å². The van der Waals surface area contributed by atoms with Crippen molar-refractivity contribution >= 4 is 52.1 Å². The Labute approximate surface area is 256 Å². The molecule has 1 saturated carbocycles. The third-order valence-electron chi connectivity index (χ3n) is 8.21. The molecule has 1 aliphatic carbocycles. The first-order chi connectivity index (χ1) is 20.5. The number of carboxylic acid groups (broad SMARTS) is 1. The molecule has 0 spiro atoms. The molecule has 0 bridgehead atoms. The number of anilines is 1. The number of hydrogen-bond donors (Lipinski definition) is 3. The van der Waals surface area contributed by atoms with Gasteiger partial charge >= 0.3 is 5.97 Å². The van der Waals surface area contributed by atoms with E-state index in [0.717, 1.165) is 41.1 Å². The molecule has 0 radical (unpaired) electrons. The van der Waals surface area contributed by atoms with Crippen LogP contribution in [0.4, 0.5) is 5.69 Å². The molecule has 2 amide bonds. The van der Waals surface area contributed by atoms with E-state index in [1.165, 1.54) is 30.9 Å². The fourth-order valence-electron chi connectivity index (χ4n) is 5.91. The van der Waals surface area contributed by atoms with Crippen molar-refractivity contribution < 1.29 is 19.5 Å². The zero-order chi connectivity index (χ0) is 30.7. The lowest BCUT2D eigenvalue weighted by Gasteiger charge is -2.25. The standard InChI is InChI=1S/C35H36ClN3O4/c1-35(2,34(43)37-27-17-9-22(10-18-27)11-20-30(40)41)38-33(42)25-14-19-28-29(21-25)39(3)32(24-12-15-26(36)16-13-24)31(28)23-7-5-4-6-8-23/h9-21,23H,4-8H2,1-3H3,(H,37,43)(H,38,42)(H,40,41)/b20-11+. The molecule has 3 aromatic carbocycles. The lowest BCUT2D eigenvalue weighted by molar-refractivity contribution is -0.131. The summed E-state index contributed by atoms with van der Waals surface area (Å²) in [5.41, 5.74) is 5.04. The Morgan fingerprint density at radius 3 is 2.28 bits per heavy atom. The number of rotatable bonds is 8. The third-order valence-corrected chi connectivity index (χ3v) is 8.47. The van der Waals surface area contributed by atoms with E-state index >= 15 is 0 Å². The van der Waals surface area contributed by atoms with Gasteiger partial charge in [-0.15, -0.1) is 0 Å². The van der Waals surface area contributed by atoms with Gasteiger partial charge in [0.1, 0.15) is 5.54 Å². The van der Waals surface area contributed by atoms with Gasteiger partial charge in [0.25, 0.3) is 5.91 Å². The van der Waals surface area contributed by atoms with Crippen molar-refractivity contribution in [1.82, 2.24) is 9.88 Å². The highest BCUT2D eigenvalue weighted by molar-refractivity contribution is 6.30. The molecule has 0 atom stereocenters. The van der Waals surface area contributed by atoms with Gasteiger partial charge in [0.05, 0.1) is 5.69 Å². The highest BCUT2D eigenvalue weighted by atomic mass is 35.5. The molecule has 1 fully saturated rings. The molecule has 1 aliphatic rings. The number of aliphatic carboxylic acids is 1. The van der Waals surface area contributed by atoms with Crippen molar-refractivity contribution in [1.29, 1.82) is 0 Å². The summed E-state index contributed by atoms with van der Waals surface area (Å²) < 4.78 is 2.17. The number of hydrogen-bond acceptors (Lipinski definition) is 3. The minimum absolute atomic E-state index is 0.343. The molecule has 8 heteroatoms. The van der Waals surface area contributed by atoms with E-state index in [9.17, 15) is 14.4 Å². The number of carbonyl (C=O) groups is 3. The maximum Gasteiger partial charge on any atom is 0.328 e. The van der Waals surface area contributed by atoms with Gasteiger partial charge in [-0.05, 0) is 91.8 Å². The van der Waals surface area contributed by atoms with Crippen molar-refractivity contribution in [2.75, 3.05) is 5.32 Å². The summed E-state index contributed by atoms with van der Waals surface area (Å²) in [5, 5.41) is 16.4. The monoisotopic (exact) mass is 597 g/mol. The Balaban J connectivity index is 1.39. The van der Waals surface area contributed by atoms with Crippen LogP contribution < -0.4 is 10.6 Å². The maximum absolute atomic E-state index is 13.5. The summed E-state index contributed by atoms with van der Waals surface area (Å²) in [6.07, 6.45) is 8.50. The van der Waals surface area contributed by atoms with Crippen molar-refractivity contribution in [2.24, 2.45) is 7.05 Å². The van der Waals surface area contributed by atoms with Crippen LogP contribution in [0, 0.1) is 0 Å². The van der Waals surface area contributed by atoms with Gasteiger partial charge in [0.15, 0.2) is 0 Å². The van der Waals surface area contributed by atoms with Crippen molar-refractivity contribution in [3.8, 4) is 11.3 Å². The number of nitrogens with one attached hydrogen (secondary N) is 2. The summed E-state index contributed by atoms with van der Waals surface area (Å²) in [6.45, 7) is 3.32. The van der Waals surface area contributed by atoms with Crippen LogP contribution in [0.5, 0.6) is 0 Å². The molecule has 3 N–H and O–H groups in total. The number of amides is 2. The van der Waals surface area contributed by atoms with E-state index in [1.807, 2.05) is 37.4 Å². The quantitative estimate of drug-likeness (QED) is 0.180. The van der Waals surface area contributed by atoms with Gasteiger partial charge < -0.3 is 20.3 Å². The largest absolute Gasteiger partial charge is 0.478 e. The number of carboxylic acids is 1. The van der Waals surface area contributed by atoms with Crippen LogP contribution in [0.1, 0.15) is 73.4 Å². The molecule has 4 aromatic rings. The second-order valence-electron chi connectivity index (χ2n) is 11.7.